The maximum atomic E-state index is 6.35. The van der Waals surface area contributed by atoms with Crippen LogP contribution in [0.25, 0.3) is 11.0 Å². The first kappa shape index (κ1) is 17.4. The first-order chi connectivity index (χ1) is 12.7. The molecule has 1 aliphatic heterocycles. The van der Waals surface area contributed by atoms with Crippen LogP contribution in [0.1, 0.15) is 29.7 Å². The highest BCUT2D eigenvalue weighted by molar-refractivity contribution is 6.20. The number of likely N-dealkylation sites (tertiary alicyclic amines) is 1. The second kappa shape index (κ2) is 7.73. The van der Waals surface area contributed by atoms with Gasteiger partial charge in [-0.2, -0.15) is 0 Å². The second-order valence-corrected chi connectivity index (χ2v) is 7.66. The van der Waals surface area contributed by atoms with Crippen LogP contribution in [0.4, 0.5) is 0 Å². The van der Waals surface area contributed by atoms with Gasteiger partial charge in [0.2, 0.25) is 0 Å². The third-order valence-electron chi connectivity index (χ3n) is 5.04. The standard InChI is InChI=1S/C22H24ClNO2/c1-16-21(14-24-11-5-8-18(23)13-24)20-12-19(9-10-22(20)26-16)25-15-17-6-3-2-4-7-17/h2-4,6-7,9-10,12,18H,5,8,11,13-15H2,1H3/t18-/m1/s1. The Kier molecular flexibility index (Phi) is 5.18. The van der Waals surface area contributed by atoms with Gasteiger partial charge in [0.1, 0.15) is 23.7 Å². The number of rotatable bonds is 5. The van der Waals surface area contributed by atoms with Gasteiger partial charge in [-0.3, -0.25) is 4.90 Å². The number of halogens is 1. The zero-order chi connectivity index (χ0) is 17.9. The van der Waals surface area contributed by atoms with Gasteiger partial charge in [0.05, 0.1) is 0 Å². The Morgan fingerprint density at radius 1 is 1.19 bits per heavy atom. The molecule has 0 unspecified atom stereocenters. The summed E-state index contributed by atoms with van der Waals surface area (Å²) in [5.74, 6) is 1.86. The highest BCUT2D eigenvalue weighted by Gasteiger charge is 2.21. The summed E-state index contributed by atoms with van der Waals surface area (Å²) in [6.07, 6.45) is 2.27. The number of hydrogen-bond acceptors (Lipinski definition) is 3. The molecule has 0 bridgehead atoms. The van der Waals surface area contributed by atoms with Crippen molar-refractivity contribution in [2.24, 2.45) is 0 Å². The van der Waals surface area contributed by atoms with E-state index in [2.05, 4.69) is 23.1 Å². The van der Waals surface area contributed by atoms with E-state index in [1.54, 1.807) is 0 Å². The van der Waals surface area contributed by atoms with E-state index >= 15 is 0 Å². The Morgan fingerprint density at radius 3 is 2.85 bits per heavy atom. The molecule has 0 amide bonds. The van der Waals surface area contributed by atoms with Gasteiger partial charge < -0.3 is 9.15 Å². The van der Waals surface area contributed by atoms with Crippen LogP contribution in [-0.2, 0) is 13.2 Å². The lowest BCUT2D eigenvalue weighted by Crippen LogP contribution is -2.35. The van der Waals surface area contributed by atoms with E-state index in [0.29, 0.717) is 6.61 Å². The maximum Gasteiger partial charge on any atom is 0.134 e. The van der Waals surface area contributed by atoms with Crippen LogP contribution in [-0.4, -0.2) is 23.4 Å². The van der Waals surface area contributed by atoms with Crippen LogP contribution >= 0.6 is 11.6 Å². The molecular weight excluding hydrogens is 346 g/mol. The van der Waals surface area contributed by atoms with E-state index in [4.69, 9.17) is 20.8 Å². The molecule has 0 radical (unpaired) electrons. The third kappa shape index (κ3) is 3.89. The summed E-state index contributed by atoms with van der Waals surface area (Å²) in [6.45, 7) is 5.53. The van der Waals surface area contributed by atoms with Crippen LogP contribution in [0.2, 0.25) is 0 Å². The summed E-state index contributed by atoms with van der Waals surface area (Å²) >= 11 is 6.35. The van der Waals surface area contributed by atoms with Gasteiger partial charge in [-0.05, 0) is 50.1 Å². The fourth-order valence-corrected chi connectivity index (χ4v) is 3.99. The molecule has 3 nitrogen and oxygen atoms in total. The SMILES string of the molecule is Cc1oc2ccc(OCc3ccccc3)cc2c1CN1CCC[C@@H](Cl)C1. The lowest BCUT2D eigenvalue weighted by Gasteiger charge is -2.29. The van der Waals surface area contributed by atoms with Crippen LogP contribution in [0.3, 0.4) is 0 Å². The molecule has 136 valence electrons. The summed E-state index contributed by atoms with van der Waals surface area (Å²) in [5, 5.41) is 1.40. The van der Waals surface area contributed by atoms with E-state index in [9.17, 15) is 0 Å². The normalized spacial score (nSPS) is 18.3. The number of aryl methyl sites for hydroxylation is 1. The van der Waals surface area contributed by atoms with E-state index < -0.39 is 0 Å². The van der Waals surface area contributed by atoms with Crippen LogP contribution in [0.5, 0.6) is 5.75 Å². The van der Waals surface area contributed by atoms with Crippen molar-refractivity contribution in [3.63, 3.8) is 0 Å². The largest absolute Gasteiger partial charge is 0.489 e. The van der Waals surface area contributed by atoms with Gasteiger partial charge in [-0.1, -0.05) is 30.3 Å². The van der Waals surface area contributed by atoms with Gasteiger partial charge in [0.15, 0.2) is 0 Å². The molecule has 0 N–H and O–H groups in total. The molecule has 1 aromatic heterocycles. The number of piperidine rings is 1. The molecule has 0 saturated carbocycles. The first-order valence-corrected chi connectivity index (χ1v) is 9.68. The molecule has 0 spiro atoms. The Hall–Kier alpha value is -1.97. The minimum atomic E-state index is 0.256. The number of nitrogens with zero attached hydrogens (tertiary/aromatic N) is 1. The van der Waals surface area contributed by atoms with Crippen molar-refractivity contribution in [3.8, 4) is 5.75 Å². The Morgan fingerprint density at radius 2 is 2.04 bits per heavy atom. The summed E-state index contributed by atoms with van der Waals surface area (Å²) in [6, 6.07) is 16.3. The number of alkyl halides is 1. The molecular formula is C22H24ClNO2. The Balaban J connectivity index is 1.54. The van der Waals surface area contributed by atoms with Gasteiger partial charge >= 0.3 is 0 Å². The van der Waals surface area contributed by atoms with E-state index in [1.807, 2.05) is 37.3 Å². The van der Waals surface area contributed by atoms with Crippen molar-refractivity contribution in [2.75, 3.05) is 13.1 Å². The molecule has 2 heterocycles. The molecule has 1 saturated heterocycles. The van der Waals surface area contributed by atoms with Crippen molar-refractivity contribution in [1.82, 2.24) is 4.90 Å². The van der Waals surface area contributed by atoms with Crippen molar-refractivity contribution in [3.05, 3.63) is 65.4 Å². The molecule has 4 heteroatoms. The average Bonchev–Trinajstić information content (AvgIpc) is 2.96. The third-order valence-corrected chi connectivity index (χ3v) is 5.40. The summed E-state index contributed by atoms with van der Waals surface area (Å²) in [7, 11) is 0. The minimum Gasteiger partial charge on any atom is -0.489 e. The lowest BCUT2D eigenvalue weighted by atomic mass is 10.1. The molecule has 3 aromatic rings. The summed E-state index contributed by atoms with van der Waals surface area (Å²) < 4.78 is 12.0. The van der Waals surface area contributed by atoms with Gasteiger partial charge in [-0.15, -0.1) is 11.6 Å². The van der Waals surface area contributed by atoms with Crippen LogP contribution in [0.15, 0.2) is 52.9 Å². The van der Waals surface area contributed by atoms with Crippen molar-refractivity contribution in [2.45, 2.75) is 38.3 Å². The van der Waals surface area contributed by atoms with E-state index in [1.165, 1.54) is 5.56 Å². The van der Waals surface area contributed by atoms with Crippen LogP contribution < -0.4 is 4.74 Å². The zero-order valence-corrected chi connectivity index (χ0v) is 15.8. The predicted molar refractivity (Wildman–Crippen MR) is 106 cm³/mol. The Labute approximate surface area is 159 Å². The minimum absolute atomic E-state index is 0.256. The fourth-order valence-electron chi connectivity index (χ4n) is 3.64. The highest BCUT2D eigenvalue weighted by Crippen LogP contribution is 2.31. The summed E-state index contributed by atoms with van der Waals surface area (Å²) in [4.78, 5) is 2.43. The highest BCUT2D eigenvalue weighted by atomic mass is 35.5. The summed E-state index contributed by atoms with van der Waals surface area (Å²) in [5.41, 5.74) is 3.33. The maximum absolute atomic E-state index is 6.35. The average molecular weight is 370 g/mol. The van der Waals surface area contributed by atoms with E-state index in [-0.39, 0.29) is 5.38 Å². The number of benzene rings is 2. The smallest absolute Gasteiger partial charge is 0.134 e. The van der Waals surface area contributed by atoms with Crippen LogP contribution in [0, 0.1) is 6.92 Å². The number of ether oxygens (including phenoxy) is 1. The zero-order valence-electron chi connectivity index (χ0n) is 15.1. The topological polar surface area (TPSA) is 25.6 Å². The van der Waals surface area contributed by atoms with Gasteiger partial charge in [0.25, 0.3) is 0 Å². The van der Waals surface area contributed by atoms with Crippen molar-refractivity contribution < 1.29 is 9.15 Å². The van der Waals surface area contributed by atoms with Crippen molar-refractivity contribution in [1.29, 1.82) is 0 Å². The van der Waals surface area contributed by atoms with Gasteiger partial charge in [0, 0.05) is 29.4 Å². The first-order valence-electron chi connectivity index (χ1n) is 9.24. The molecule has 0 aliphatic carbocycles. The van der Waals surface area contributed by atoms with Gasteiger partial charge in [-0.25, -0.2) is 0 Å². The molecule has 1 atom stereocenters. The molecule has 26 heavy (non-hydrogen) atoms. The van der Waals surface area contributed by atoms with Crippen molar-refractivity contribution >= 4 is 22.6 Å². The monoisotopic (exact) mass is 369 g/mol. The second-order valence-electron chi connectivity index (χ2n) is 7.04. The quantitative estimate of drug-likeness (QED) is 0.553. The molecule has 1 fully saturated rings. The molecule has 1 aliphatic rings. The molecule has 4 rings (SSSR count). The number of fused-ring (bicyclic) bond motifs is 1. The molecule has 2 aromatic carbocycles. The lowest BCUT2D eigenvalue weighted by molar-refractivity contribution is 0.223. The number of furan rings is 1. The fraction of sp³-hybridized carbons (Fsp3) is 0.364. The Bertz CT molecular complexity index is 874. The number of hydrogen-bond donors (Lipinski definition) is 0. The van der Waals surface area contributed by atoms with E-state index in [0.717, 1.165) is 60.5 Å². The predicted octanol–water partition coefficient (Wildman–Crippen LogP) is 5.52.